The number of rotatable bonds is 2. The quantitative estimate of drug-likeness (QED) is 0.788. The molecule has 3 rings (SSSR count). The van der Waals surface area contributed by atoms with Crippen LogP contribution in [0.4, 0.5) is 0 Å². The molecule has 2 aliphatic carbocycles. The van der Waals surface area contributed by atoms with Crippen LogP contribution in [0.15, 0.2) is 18.3 Å². The van der Waals surface area contributed by atoms with Crippen molar-refractivity contribution < 1.29 is 0 Å². The van der Waals surface area contributed by atoms with Gasteiger partial charge in [-0.2, -0.15) is 0 Å². The molecule has 1 N–H and O–H groups in total. The van der Waals surface area contributed by atoms with Crippen molar-refractivity contribution >= 4 is 0 Å². The van der Waals surface area contributed by atoms with Crippen molar-refractivity contribution in [2.75, 3.05) is 0 Å². The Morgan fingerprint density at radius 1 is 1.06 bits per heavy atom. The maximum absolute atomic E-state index is 4.57. The van der Waals surface area contributed by atoms with E-state index in [-0.39, 0.29) is 0 Å². The first kappa shape index (κ1) is 11.2. The van der Waals surface area contributed by atoms with Gasteiger partial charge in [-0.1, -0.05) is 31.7 Å². The van der Waals surface area contributed by atoms with Crippen LogP contribution in [0, 0.1) is 0 Å². The number of hydrogen-bond acceptors (Lipinski definition) is 2. The molecular formula is C15H22N2. The SMILES string of the molecule is c1cnc2c(c1)CCC2NC1CCCCCC1. The number of nitrogens with zero attached hydrogens (tertiary/aromatic N) is 1. The molecule has 17 heavy (non-hydrogen) atoms. The summed E-state index contributed by atoms with van der Waals surface area (Å²) in [6.07, 6.45) is 12.8. The summed E-state index contributed by atoms with van der Waals surface area (Å²) in [5, 5.41) is 3.85. The standard InChI is InChI=1S/C15H22N2/c1-2-4-8-13(7-3-1)17-14-10-9-12-6-5-11-16-15(12)14/h5-6,11,13-14,17H,1-4,7-10H2. The topological polar surface area (TPSA) is 24.9 Å². The molecule has 92 valence electrons. The van der Waals surface area contributed by atoms with Gasteiger partial charge in [0.05, 0.1) is 11.7 Å². The lowest BCUT2D eigenvalue weighted by Gasteiger charge is -2.21. The second-order valence-corrected chi connectivity index (χ2v) is 5.49. The Morgan fingerprint density at radius 3 is 2.71 bits per heavy atom. The summed E-state index contributed by atoms with van der Waals surface area (Å²) in [7, 11) is 0. The summed E-state index contributed by atoms with van der Waals surface area (Å²) in [6.45, 7) is 0. The summed E-state index contributed by atoms with van der Waals surface area (Å²) in [6, 6.07) is 5.55. The van der Waals surface area contributed by atoms with E-state index in [1.54, 1.807) is 0 Å². The van der Waals surface area contributed by atoms with E-state index in [1.807, 2.05) is 6.20 Å². The van der Waals surface area contributed by atoms with Gasteiger partial charge in [-0.15, -0.1) is 0 Å². The number of nitrogens with one attached hydrogen (secondary N) is 1. The third kappa shape index (κ3) is 2.52. The van der Waals surface area contributed by atoms with Crippen LogP contribution in [-0.4, -0.2) is 11.0 Å². The molecule has 0 aromatic carbocycles. The second-order valence-electron chi connectivity index (χ2n) is 5.49. The van der Waals surface area contributed by atoms with Crippen LogP contribution < -0.4 is 5.32 Å². The highest BCUT2D eigenvalue weighted by molar-refractivity contribution is 5.27. The third-order valence-corrected chi connectivity index (χ3v) is 4.25. The first-order chi connectivity index (χ1) is 8.43. The Bertz CT molecular complexity index is 367. The summed E-state index contributed by atoms with van der Waals surface area (Å²) >= 11 is 0. The van der Waals surface area contributed by atoms with Crippen molar-refractivity contribution in [1.29, 1.82) is 0 Å². The molecule has 2 heteroatoms. The normalized spacial score (nSPS) is 25.5. The van der Waals surface area contributed by atoms with Crippen LogP contribution in [0.5, 0.6) is 0 Å². The van der Waals surface area contributed by atoms with Crippen LogP contribution in [0.3, 0.4) is 0 Å². The molecule has 0 amide bonds. The highest BCUT2D eigenvalue weighted by Gasteiger charge is 2.25. The van der Waals surface area contributed by atoms with E-state index in [2.05, 4.69) is 22.4 Å². The van der Waals surface area contributed by atoms with E-state index in [9.17, 15) is 0 Å². The molecule has 0 saturated heterocycles. The first-order valence-corrected chi connectivity index (χ1v) is 7.13. The highest BCUT2D eigenvalue weighted by atomic mass is 15.0. The Morgan fingerprint density at radius 2 is 1.88 bits per heavy atom. The van der Waals surface area contributed by atoms with Crippen molar-refractivity contribution in [3.05, 3.63) is 29.6 Å². The van der Waals surface area contributed by atoms with Gasteiger partial charge in [-0.25, -0.2) is 0 Å². The largest absolute Gasteiger partial charge is 0.306 e. The minimum atomic E-state index is 0.522. The zero-order chi connectivity index (χ0) is 11.5. The minimum absolute atomic E-state index is 0.522. The van der Waals surface area contributed by atoms with Gasteiger partial charge in [-0.3, -0.25) is 4.98 Å². The van der Waals surface area contributed by atoms with Gasteiger partial charge < -0.3 is 5.32 Å². The average molecular weight is 230 g/mol. The van der Waals surface area contributed by atoms with E-state index in [1.165, 1.54) is 62.6 Å². The Hall–Kier alpha value is -0.890. The van der Waals surface area contributed by atoms with Crippen molar-refractivity contribution in [1.82, 2.24) is 10.3 Å². The fraction of sp³-hybridized carbons (Fsp3) is 0.667. The molecule has 0 aliphatic heterocycles. The summed E-state index contributed by atoms with van der Waals surface area (Å²) in [5.74, 6) is 0. The molecule has 1 heterocycles. The molecule has 1 aromatic heterocycles. The number of aromatic nitrogens is 1. The third-order valence-electron chi connectivity index (χ3n) is 4.25. The van der Waals surface area contributed by atoms with Crippen molar-refractivity contribution in [2.45, 2.75) is 63.5 Å². The molecule has 1 fully saturated rings. The maximum atomic E-state index is 4.57. The second kappa shape index (κ2) is 5.18. The number of aryl methyl sites for hydroxylation is 1. The van der Waals surface area contributed by atoms with Crippen molar-refractivity contribution in [3.63, 3.8) is 0 Å². The fourth-order valence-electron chi connectivity index (χ4n) is 3.31. The summed E-state index contributed by atoms with van der Waals surface area (Å²) in [4.78, 5) is 4.57. The van der Waals surface area contributed by atoms with Crippen LogP contribution >= 0.6 is 0 Å². The molecule has 2 aliphatic rings. The molecule has 1 saturated carbocycles. The molecule has 0 bridgehead atoms. The monoisotopic (exact) mass is 230 g/mol. The van der Waals surface area contributed by atoms with E-state index in [4.69, 9.17) is 0 Å². The molecule has 2 nitrogen and oxygen atoms in total. The molecule has 1 aromatic rings. The average Bonchev–Trinajstić information content (AvgIpc) is 2.59. The van der Waals surface area contributed by atoms with Gasteiger partial charge >= 0.3 is 0 Å². The first-order valence-electron chi connectivity index (χ1n) is 7.13. The Kier molecular flexibility index (Phi) is 3.41. The van der Waals surface area contributed by atoms with Crippen molar-refractivity contribution in [2.24, 2.45) is 0 Å². The number of pyridine rings is 1. The predicted molar refractivity (Wildman–Crippen MR) is 69.9 cm³/mol. The van der Waals surface area contributed by atoms with E-state index in [0.717, 1.165) is 6.04 Å². The predicted octanol–water partition coefficient (Wildman–Crippen LogP) is 3.38. The number of fused-ring (bicyclic) bond motifs is 1. The van der Waals surface area contributed by atoms with Gasteiger partial charge in [-0.05, 0) is 37.3 Å². The fourth-order valence-corrected chi connectivity index (χ4v) is 3.31. The lowest BCUT2D eigenvalue weighted by molar-refractivity contribution is 0.393. The van der Waals surface area contributed by atoms with Gasteiger partial charge in [0.1, 0.15) is 0 Å². The Labute approximate surface area is 104 Å². The van der Waals surface area contributed by atoms with E-state index >= 15 is 0 Å². The summed E-state index contributed by atoms with van der Waals surface area (Å²) < 4.78 is 0. The van der Waals surface area contributed by atoms with Crippen LogP contribution in [0.2, 0.25) is 0 Å². The maximum Gasteiger partial charge on any atom is 0.0605 e. The molecule has 1 unspecified atom stereocenters. The summed E-state index contributed by atoms with van der Waals surface area (Å²) in [5.41, 5.74) is 2.77. The lowest BCUT2D eigenvalue weighted by Crippen LogP contribution is -2.31. The number of hydrogen-bond donors (Lipinski definition) is 1. The molecule has 0 radical (unpaired) electrons. The van der Waals surface area contributed by atoms with Gasteiger partial charge in [0.2, 0.25) is 0 Å². The van der Waals surface area contributed by atoms with Crippen LogP contribution in [0.25, 0.3) is 0 Å². The smallest absolute Gasteiger partial charge is 0.0605 e. The van der Waals surface area contributed by atoms with Gasteiger partial charge in [0.15, 0.2) is 0 Å². The van der Waals surface area contributed by atoms with E-state index < -0.39 is 0 Å². The van der Waals surface area contributed by atoms with Crippen LogP contribution in [0.1, 0.15) is 62.2 Å². The molecular weight excluding hydrogens is 208 g/mol. The van der Waals surface area contributed by atoms with Crippen LogP contribution in [-0.2, 0) is 6.42 Å². The van der Waals surface area contributed by atoms with E-state index in [0.29, 0.717) is 6.04 Å². The molecule has 0 spiro atoms. The Balaban J connectivity index is 1.66. The van der Waals surface area contributed by atoms with Gasteiger partial charge in [0, 0.05) is 12.2 Å². The minimum Gasteiger partial charge on any atom is -0.306 e. The zero-order valence-corrected chi connectivity index (χ0v) is 10.5. The molecule has 1 atom stereocenters. The highest BCUT2D eigenvalue weighted by Crippen LogP contribution is 2.30. The van der Waals surface area contributed by atoms with Crippen molar-refractivity contribution in [3.8, 4) is 0 Å². The lowest BCUT2D eigenvalue weighted by atomic mass is 10.1. The van der Waals surface area contributed by atoms with Gasteiger partial charge in [0.25, 0.3) is 0 Å². The zero-order valence-electron chi connectivity index (χ0n) is 10.5.